The number of aliphatic hydroxyl groups excluding tert-OH is 5. The zero-order chi connectivity index (χ0) is 45.0. The molecule has 0 aromatic heterocycles. The average molecular weight is 881 g/mol. The van der Waals surface area contributed by atoms with Crippen LogP contribution < -0.4 is 0 Å². The molecule has 6 N–H and O–H groups in total. The summed E-state index contributed by atoms with van der Waals surface area (Å²) in [6.07, 6.45) is 33.5. The summed E-state index contributed by atoms with van der Waals surface area (Å²) in [4.78, 5) is 35.7. The van der Waals surface area contributed by atoms with E-state index in [9.17, 15) is 44.6 Å². The fourth-order valence-electron chi connectivity index (χ4n) is 6.17. The molecule has 1 fully saturated rings. The smallest absolute Gasteiger partial charge is 0.462 e. The zero-order valence-electron chi connectivity index (χ0n) is 36.7. The lowest BCUT2D eigenvalue weighted by Crippen LogP contribution is -2.64. The Morgan fingerprint density at radius 1 is 0.508 bits per heavy atom. The first-order valence-corrected chi connectivity index (χ1v) is 23.9. The molecule has 61 heavy (non-hydrogen) atoms. The number of rotatable bonds is 35. The summed E-state index contributed by atoms with van der Waals surface area (Å²) >= 11 is 0. The third kappa shape index (κ3) is 29.1. The number of ether oxygens (including phenoxy) is 2. The third-order valence-corrected chi connectivity index (χ3v) is 10.7. The van der Waals surface area contributed by atoms with E-state index in [0.717, 1.165) is 103 Å². The van der Waals surface area contributed by atoms with E-state index < -0.39 is 75.7 Å². The van der Waals surface area contributed by atoms with Crippen molar-refractivity contribution < 1.29 is 63.1 Å². The number of hydrogen-bond donors (Lipinski definition) is 6. The lowest BCUT2D eigenvalue weighted by Gasteiger charge is -2.41. The van der Waals surface area contributed by atoms with E-state index in [1.165, 1.54) is 0 Å². The van der Waals surface area contributed by atoms with Crippen LogP contribution in [0.25, 0.3) is 0 Å². The summed E-state index contributed by atoms with van der Waals surface area (Å²) < 4.78 is 33.4. The molecule has 0 amide bonds. The first kappa shape index (κ1) is 56.0. The number of phosphoric acid groups is 1. The molecule has 1 aliphatic carbocycles. The largest absolute Gasteiger partial charge is 0.472 e. The van der Waals surface area contributed by atoms with E-state index in [4.69, 9.17) is 18.5 Å². The molecule has 0 heterocycles. The van der Waals surface area contributed by atoms with E-state index in [1.807, 2.05) is 0 Å². The van der Waals surface area contributed by atoms with Crippen LogP contribution in [0.2, 0.25) is 0 Å². The molecule has 0 aromatic rings. The molecule has 6 unspecified atom stereocenters. The molecular weight excluding hydrogens is 803 g/mol. The SMILES string of the molecule is CC/C=C\C/C=C\C/C=C\C/C=C\CCCCCCCCC(=O)OC(COC(=O)CCCCC/C=C\C/C=C\C/C=C\CC)COP(=O)(O)OC1C(O)C(O)C(O)C(O)C1O. The molecule has 0 radical (unpaired) electrons. The summed E-state index contributed by atoms with van der Waals surface area (Å²) in [5.41, 5.74) is 0. The fourth-order valence-corrected chi connectivity index (χ4v) is 7.15. The predicted molar refractivity (Wildman–Crippen MR) is 239 cm³/mol. The summed E-state index contributed by atoms with van der Waals surface area (Å²) in [5, 5.41) is 50.1. The molecular formula is C47H77O13P. The Bertz CT molecular complexity index is 1390. The molecule has 6 atom stereocenters. The van der Waals surface area contributed by atoms with Crippen LogP contribution in [0.1, 0.15) is 142 Å². The number of allylic oxidation sites excluding steroid dienone is 14. The lowest BCUT2D eigenvalue weighted by molar-refractivity contribution is -0.220. The molecule has 0 aliphatic heterocycles. The summed E-state index contributed by atoms with van der Waals surface area (Å²) in [5.74, 6) is -1.16. The number of carbonyl (C=O) groups is 2. The minimum absolute atomic E-state index is 0.0687. The Morgan fingerprint density at radius 3 is 1.36 bits per heavy atom. The summed E-state index contributed by atoms with van der Waals surface area (Å²) in [6.45, 7) is 3.01. The number of phosphoric ester groups is 1. The van der Waals surface area contributed by atoms with Crippen molar-refractivity contribution in [3.05, 3.63) is 85.1 Å². The van der Waals surface area contributed by atoms with Gasteiger partial charge in [0.25, 0.3) is 0 Å². The van der Waals surface area contributed by atoms with E-state index in [2.05, 4.69) is 98.9 Å². The van der Waals surface area contributed by atoms with Crippen LogP contribution in [-0.4, -0.2) is 98.3 Å². The van der Waals surface area contributed by atoms with Crippen molar-refractivity contribution in [2.75, 3.05) is 13.2 Å². The van der Waals surface area contributed by atoms with Crippen molar-refractivity contribution in [2.45, 2.75) is 185 Å². The highest BCUT2D eigenvalue weighted by Gasteiger charge is 2.51. The van der Waals surface area contributed by atoms with Crippen molar-refractivity contribution in [1.82, 2.24) is 0 Å². The van der Waals surface area contributed by atoms with Crippen LogP contribution in [-0.2, 0) is 32.7 Å². The van der Waals surface area contributed by atoms with Gasteiger partial charge in [0.15, 0.2) is 6.10 Å². The minimum atomic E-state index is -5.13. The van der Waals surface area contributed by atoms with Gasteiger partial charge in [-0.25, -0.2) is 4.57 Å². The number of carbonyl (C=O) groups excluding carboxylic acids is 2. The van der Waals surface area contributed by atoms with E-state index >= 15 is 0 Å². The second-order valence-electron chi connectivity index (χ2n) is 15.1. The Kier molecular flexibility index (Phi) is 33.5. The van der Waals surface area contributed by atoms with Crippen molar-refractivity contribution in [3.8, 4) is 0 Å². The second-order valence-corrected chi connectivity index (χ2v) is 16.5. The van der Waals surface area contributed by atoms with Gasteiger partial charge < -0.3 is 39.9 Å². The van der Waals surface area contributed by atoms with Gasteiger partial charge in [-0.05, 0) is 83.5 Å². The van der Waals surface area contributed by atoms with Gasteiger partial charge in [-0.1, -0.05) is 131 Å². The highest BCUT2D eigenvalue weighted by atomic mass is 31.2. The molecule has 0 aromatic carbocycles. The molecule has 1 rings (SSSR count). The van der Waals surface area contributed by atoms with Gasteiger partial charge in [-0.2, -0.15) is 0 Å². The maximum absolute atomic E-state index is 12.8. The topological polar surface area (TPSA) is 210 Å². The standard InChI is InChI=1S/C47H77O13P/c1-3-5-7-9-11-13-15-17-18-19-20-21-22-24-26-28-30-32-34-36-41(49)59-39(38-58-61(55,56)60-47-45(53)43(51)42(50)44(52)46(47)54)37-57-40(48)35-33-31-29-27-25-23-16-14-12-10-8-6-4-2/h5-8,11-14,17-18,20-21,23,25,39,42-47,50-54H,3-4,9-10,15-16,19,22,24,26-38H2,1-2H3,(H,55,56)/b7-5-,8-6-,13-11-,14-12-,18-17-,21-20-,25-23-. The molecule has 1 saturated carbocycles. The number of aliphatic hydroxyl groups is 5. The Morgan fingerprint density at radius 2 is 0.885 bits per heavy atom. The van der Waals surface area contributed by atoms with Gasteiger partial charge >= 0.3 is 19.8 Å². The van der Waals surface area contributed by atoms with Crippen LogP contribution in [0.3, 0.4) is 0 Å². The van der Waals surface area contributed by atoms with Crippen molar-refractivity contribution in [2.24, 2.45) is 0 Å². The quantitative estimate of drug-likeness (QED) is 0.0153. The summed E-state index contributed by atoms with van der Waals surface area (Å²) in [6, 6.07) is 0. The van der Waals surface area contributed by atoms with Crippen LogP contribution in [0.4, 0.5) is 0 Å². The number of esters is 2. The molecule has 0 saturated heterocycles. The van der Waals surface area contributed by atoms with Gasteiger partial charge in [0.05, 0.1) is 6.61 Å². The third-order valence-electron chi connectivity index (χ3n) is 9.73. The van der Waals surface area contributed by atoms with Crippen molar-refractivity contribution in [3.63, 3.8) is 0 Å². The highest BCUT2D eigenvalue weighted by Crippen LogP contribution is 2.47. The van der Waals surface area contributed by atoms with Gasteiger partial charge in [-0.15, -0.1) is 0 Å². The van der Waals surface area contributed by atoms with Crippen LogP contribution in [0.5, 0.6) is 0 Å². The van der Waals surface area contributed by atoms with Crippen LogP contribution in [0, 0.1) is 0 Å². The number of unbranched alkanes of at least 4 members (excludes halogenated alkanes) is 9. The Balaban J connectivity index is 2.50. The molecule has 348 valence electrons. The Labute approximate surface area is 365 Å². The normalized spacial score (nSPS) is 22.8. The second kappa shape index (κ2) is 36.5. The van der Waals surface area contributed by atoms with Crippen LogP contribution >= 0.6 is 7.82 Å². The molecule has 0 spiro atoms. The lowest BCUT2D eigenvalue weighted by atomic mass is 9.85. The van der Waals surface area contributed by atoms with Gasteiger partial charge in [-0.3, -0.25) is 18.6 Å². The van der Waals surface area contributed by atoms with E-state index in [-0.39, 0.29) is 12.8 Å². The van der Waals surface area contributed by atoms with Crippen molar-refractivity contribution in [1.29, 1.82) is 0 Å². The van der Waals surface area contributed by atoms with Crippen LogP contribution in [0.15, 0.2) is 85.1 Å². The zero-order valence-corrected chi connectivity index (χ0v) is 37.6. The van der Waals surface area contributed by atoms with Crippen molar-refractivity contribution >= 4 is 19.8 Å². The first-order valence-electron chi connectivity index (χ1n) is 22.4. The van der Waals surface area contributed by atoms with Gasteiger partial charge in [0, 0.05) is 12.8 Å². The highest BCUT2D eigenvalue weighted by molar-refractivity contribution is 7.47. The molecule has 1 aliphatic rings. The minimum Gasteiger partial charge on any atom is -0.462 e. The maximum atomic E-state index is 12.8. The van der Waals surface area contributed by atoms with Gasteiger partial charge in [0.1, 0.15) is 43.2 Å². The van der Waals surface area contributed by atoms with Gasteiger partial charge in [0.2, 0.25) is 0 Å². The molecule has 0 bridgehead atoms. The molecule has 13 nitrogen and oxygen atoms in total. The maximum Gasteiger partial charge on any atom is 0.472 e. The predicted octanol–water partition coefficient (Wildman–Crippen LogP) is 8.50. The Hall–Kier alpha value is -2.97. The monoisotopic (exact) mass is 881 g/mol. The fraction of sp³-hybridized carbons (Fsp3) is 0.660. The van der Waals surface area contributed by atoms with E-state index in [0.29, 0.717) is 12.8 Å². The average Bonchev–Trinajstić information content (AvgIpc) is 3.24. The van der Waals surface area contributed by atoms with E-state index in [1.54, 1.807) is 0 Å². The first-order chi connectivity index (χ1) is 29.4. The number of hydrogen-bond acceptors (Lipinski definition) is 12. The summed E-state index contributed by atoms with van der Waals surface area (Å²) in [7, 11) is -5.13. The molecule has 14 heteroatoms.